The summed E-state index contributed by atoms with van der Waals surface area (Å²) in [6.07, 6.45) is 2.40. The van der Waals surface area contributed by atoms with Crippen molar-refractivity contribution < 1.29 is 0 Å². The molecule has 1 fully saturated rings. The smallest absolute Gasteiger partial charge is 0.148 e. The van der Waals surface area contributed by atoms with Crippen molar-refractivity contribution in [3.63, 3.8) is 0 Å². The second-order valence-corrected chi connectivity index (χ2v) is 5.95. The Morgan fingerprint density at radius 2 is 2.00 bits per heavy atom. The van der Waals surface area contributed by atoms with E-state index in [0.29, 0.717) is 11.9 Å². The van der Waals surface area contributed by atoms with E-state index in [1.54, 1.807) is 0 Å². The number of hydrazine groups is 1. The molecule has 112 valence electrons. The molecule has 0 amide bonds. The minimum absolute atomic E-state index is 0.275. The topological polar surface area (TPSA) is 79.1 Å². The van der Waals surface area contributed by atoms with Crippen molar-refractivity contribution in [3.05, 3.63) is 11.4 Å². The molecule has 6 nitrogen and oxygen atoms in total. The molecule has 1 aromatic heterocycles. The van der Waals surface area contributed by atoms with Gasteiger partial charge in [-0.05, 0) is 33.4 Å². The van der Waals surface area contributed by atoms with Crippen LogP contribution in [0.5, 0.6) is 0 Å². The standard InChI is InChI=1S/C14H26N6/c1-9(2)12-17-13(10(3)14(18-12)19-15)16-11-6-5-7-20(4)8-11/h9,11H,5-8,15H2,1-4H3,(H2,16,17,18,19). The lowest BCUT2D eigenvalue weighted by Gasteiger charge is -2.31. The molecule has 1 atom stereocenters. The summed E-state index contributed by atoms with van der Waals surface area (Å²) in [5, 5.41) is 3.56. The highest BCUT2D eigenvalue weighted by Crippen LogP contribution is 2.24. The molecule has 0 bridgehead atoms. The molecule has 0 aliphatic carbocycles. The van der Waals surface area contributed by atoms with Gasteiger partial charge in [-0.1, -0.05) is 13.8 Å². The number of likely N-dealkylation sites (tertiary alicyclic amines) is 1. The Morgan fingerprint density at radius 3 is 2.60 bits per heavy atom. The average Bonchev–Trinajstić information content (AvgIpc) is 2.41. The molecule has 1 aliphatic heterocycles. The maximum atomic E-state index is 5.57. The van der Waals surface area contributed by atoms with E-state index < -0.39 is 0 Å². The first-order valence-corrected chi connectivity index (χ1v) is 7.31. The Morgan fingerprint density at radius 1 is 1.30 bits per heavy atom. The molecule has 1 aliphatic rings. The van der Waals surface area contributed by atoms with Gasteiger partial charge in [0.05, 0.1) is 0 Å². The highest BCUT2D eigenvalue weighted by atomic mass is 15.3. The van der Waals surface area contributed by atoms with Crippen molar-refractivity contribution in [2.75, 3.05) is 30.9 Å². The van der Waals surface area contributed by atoms with Gasteiger partial charge in [-0.3, -0.25) is 0 Å². The zero-order valence-electron chi connectivity index (χ0n) is 12.9. The van der Waals surface area contributed by atoms with Gasteiger partial charge in [-0.25, -0.2) is 15.8 Å². The monoisotopic (exact) mass is 278 g/mol. The third-order valence-corrected chi connectivity index (χ3v) is 3.78. The summed E-state index contributed by atoms with van der Waals surface area (Å²) in [6.45, 7) is 8.39. The minimum atomic E-state index is 0.275. The number of nitrogens with zero attached hydrogens (tertiary/aromatic N) is 3. The molecular formula is C14H26N6. The van der Waals surface area contributed by atoms with E-state index in [4.69, 9.17) is 5.84 Å². The van der Waals surface area contributed by atoms with Crippen LogP contribution in [0.1, 0.15) is 44.0 Å². The number of piperidine rings is 1. The number of aromatic nitrogens is 2. The summed E-state index contributed by atoms with van der Waals surface area (Å²) >= 11 is 0. The van der Waals surface area contributed by atoms with E-state index in [1.165, 1.54) is 19.4 Å². The van der Waals surface area contributed by atoms with Crippen molar-refractivity contribution in [3.8, 4) is 0 Å². The van der Waals surface area contributed by atoms with E-state index in [0.717, 1.165) is 23.8 Å². The van der Waals surface area contributed by atoms with Crippen LogP contribution in [0.2, 0.25) is 0 Å². The lowest BCUT2D eigenvalue weighted by Crippen LogP contribution is -2.40. The van der Waals surface area contributed by atoms with Crippen LogP contribution in [-0.2, 0) is 0 Å². The van der Waals surface area contributed by atoms with Crippen molar-refractivity contribution in [2.24, 2.45) is 5.84 Å². The maximum absolute atomic E-state index is 5.57. The predicted molar refractivity (Wildman–Crippen MR) is 82.8 cm³/mol. The second kappa shape index (κ2) is 6.37. The summed E-state index contributed by atoms with van der Waals surface area (Å²) in [7, 11) is 2.16. The Labute approximate surface area is 121 Å². The summed E-state index contributed by atoms with van der Waals surface area (Å²) in [5.74, 6) is 8.26. The summed E-state index contributed by atoms with van der Waals surface area (Å²) in [4.78, 5) is 11.5. The third kappa shape index (κ3) is 3.37. The molecule has 1 unspecified atom stereocenters. The van der Waals surface area contributed by atoms with E-state index in [-0.39, 0.29) is 5.92 Å². The van der Waals surface area contributed by atoms with Gasteiger partial charge in [0.2, 0.25) is 0 Å². The fraction of sp³-hybridized carbons (Fsp3) is 0.714. The fourth-order valence-electron chi connectivity index (χ4n) is 2.55. The molecule has 2 rings (SSSR count). The SMILES string of the molecule is Cc1c(NN)nc(C(C)C)nc1NC1CCCN(C)C1. The van der Waals surface area contributed by atoms with Crippen molar-refractivity contribution in [1.29, 1.82) is 0 Å². The van der Waals surface area contributed by atoms with E-state index in [1.807, 2.05) is 6.92 Å². The zero-order valence-corrected chi connectivity index (χ0v) is 12.9. The minimum Gasteiger partial charge on any atom is -0.366 e. The largest absolute Gasteiger partial charge is 0.366 e. The van der Waals surface area contributed by atoms with Crippen LogP contribution in [0, 0.1) is 6.92 Å². The van der Waals surface area contributed by atoms with Gasteiger partial charge in [0.15, 0.2) is 0 Å². The van der Waals surface area contributed by atoms with E-state index >= 15 is 0 Å². The third-order valence-electron chi connectivity index (χ3n) is 3.78. The van der Waals surface area contributed by atoms with Crippen LogP contribution in [0.15, 0.2) is 0 Å². The lowest BCUT2D eigenvalue weighted by atomic mass is 10.1. The highest BCUT2D eigenvalue weighted by molar-refractivity contribution is 5.57. The first kappa shape index (κ1) is 15.0. The number of likely N-dealkylation sites (N-methyl/N-ethyl adjacent to an activating group) is 1. The van der Waals surface area contributed by atoms with Gasteiger partial charge in [0.1, 0.15) is 17.5 Å². The molecule has 0 radical (unpaired) electrons. The Bertz CT molecular complexity index is 459. The average molecular weight is 278 g/mol. The predicted octanol–water partition coefficient (Wildman–Crippen LogP) is 1.70. The second-order valence-electron chi connectivity index (χ2n) is 5.95. The normalized spacial score (nSPS) is 20.2. The van der Waals surface area contributed by atoms with Crippen LogP contribution in [0.25, 0.3) is 0 Å². The van der Waals surface area contributed by atoms with Gasteiger partial charge in [-0.15, -0.1) is 0 Å². The molecular weight excluding hydrogens is 252 g/mol. The zero-order chi connectivity index (χ0) is 14.7. The molecule has 1 aromatic rings. The molecule has 2 heterocycles. The lowest BCUT2D eigenvalue weighted by molar-refractivity contribution is 0.260. The van der Waals surface area contributed by atoms with Crippen LogP contribution < -0.4 is 16.6 Å². The Balaban J connectivity index is 2.23. The molecule has 4 N–H and O–H groups in total. The maximum Gasteiger partial charge on any atom is 0.148 e. The Hall–Kier alpha value is -1.40. The van der Waals surface area contributed by atoms with Crippen LogP contribution >= 0.6 is 0 Å². The number of anilines is 2. The first-order valence-electron chi connectivity index (χ1n) is 7.31. The molecule has 1 saturated heterocycles. The summed E-state index contributed by atoms with van der Waals surface area (Å²) in [6, 6.07) is 0.438. The highest BCUT2D eigenvalue weighted by Gasteiger charge is 2.20. The number of nitrogens with two attached hydrogens (primary N) is 1. The fourth-order valence-corrected chi connectivity index (χ4v) is 2.55. The van der Waals surface area contributed by atoms with Gasteiger partial charge < -0.3 is 15.6 Å². The molecule has 0 aromatic carbocycles. The molecule has 6 heteroatoms. The Kier molecular flexibility index (Phi) is 4.77. The molecule has 0 spiro atoms. The van der Waals surface area contributed by atoms with Crippen LogP contribution in [0.3, 0.4) is 0 Å². The van der Waals surface area contributed by atoms with Crippen LogP contribution in [0.4, 0.5) is 11.6 Å². The number of hydrogen-bond donors (Lipinski definition) is 3. The first-order chi connectivity index (χ1) is 9.51. The summed E-state index contributed by atoms with van der Waals surface area (Å²) < 4.78 is 0. The van der Waals surface area contributed by atoms with Crippen molar-refractivity contribution in [1.82, 2.24) is 14.9 Å². The number of rotatable bonds is 4. The van der Waals surface area contributed by atoms with Crippen LogP contribution in [-0.4, -0.2) is 41.0 Å². The van der Waals surface area contributed by atoms with Crippen molar-refractivity contribution >= 4 is 11.6 Å². The van der Waals surface area contributed by atoms with E-state index in [9.17, 15) is 0 Å². The summed E-state index contributed by atoms with van der Waals surface area (Å²) in [5.41, 5.74) is 3.65. The number of nitrogens with one attached hydrogen (secondary N) is 2. The van der Waals surface area contributed by atoms with E-state index in [2.05, 4.69) is 46.5 Å². The number of nitrogen functional groups attached to an aromatic ring is 1. The molecule has 20 heavy (non-hydrogen) atoms. The number of hydrogen-bond acceptors (Lipinski definition) is 6. The van der Waals surface area contributed by atoms with Crippen molar-refractivity contribution in [2.45, 2.75) is 45.6 Å². The van der Waals surface area contributed by atoms with Gasteiger partial charge >= 0.3 is 0 Å². The van der Waals surface area contributed by atoms with Gasteiger partial charge in [0, 0.05) is 24.1 Å². The van der Waals surface area contributed by atoms with Gasteiger partial charge in [-0.2, -0.15) is 0 Å². The molecule has 0 saturated carbocycles. The quantitative estimate of drug-likeness (QED) is 0.575. The van der Waals surface area contributed by atoms with Gasteiger partial charge in [0.25, 0.3) is 0 Å².